The Balaban J connectivity index is 1.92. The number of ether oxygens (including phenoxy) is 1. The topological polar surface area (TPSA) is 96.0 Å². The fourth-order valence-electron chi connectivity index (χ4n) is 4.48. The minimum atomic E-state index is -3.75. The highest BCUT2D eigenvalue weighted by Gasteiger charge is 2.33. The number of anilines is 1. The molecule has 2 amide bonds. The monoisotopic (exact) mass is 627 g/mol. The molecular formula is C26H34IN3O5S. The summed E-state index contributed by atoms with van der Waals surface area (Å²) in [5, 5.41) is 3.10. The van der Waals surface area contributed by atoms with Gasteiger partial charge in [0.2, 0.25) is 21.8 Å². The van der Waals surface area contributed by atoms with Crippen molar-refractivity contribution in [2.24, 2.45) is 0 Å². The molecule has 0 heterocycles. The number of amides is 2. The van der Waals surface area contributed by atoms with Crippen LogP contribution in [0.1, 0.15) is 44.6 Å². The van der Waals surface area contributed by atoms with E-state index < -0.39 is 28.5 Å². The van der Waals surface area contributed by atoms with Crippen molar-refractivity contribution in [3.05, 3.63) is 57.7 Å². The number of carbonyl (C=O) groups is 2. The van der Waals surface area contributed by atoms with Crippen molar-refractivity contribution < 1.29 is 22.7 Å². The van der Waals surface area contributed by atoms with Gasteiger partial charge in [-0.15, -0.1) is 0 Å². The first-order valence-electron chi connectivity index (χ1n) is 12.1. The number of nitrogens with one attached hydrogen (secondary N) is 1. The Morgan fingerprint density at radius 3 is 2.39 bits per heavy atom. The molecule has 0 saturated heterocycles. The molecule has 0 radical (unpaired) electrons. The number of nitrogens with zero attached hydrogens (tertiary/aromatic N) is 2. The quantitative estimate of drug-likeness (QED) is 0.381. The normalized spacial score (nSPS) is 14.8. The Bertz CT molecular complexity index is 1150. The summed E-state index contributed by atoms with van der Waals surface area (Å²) < 4.78 is 32.7. The molecular weight excluding hydrogens is 593 g/mol. The Kier molecular flexibility index (Phi) is 10.0. The summed E-state index contributed by atoms with van der Waals surface area (Å²) in [6.45, 7) is 1.60. The molecule has 1 fully saturated rings. The second kappa shape index (κ2) is 12.8. The molecule has 3 rings (SSSR count). The maximum Gasteiger partial charge on any atom is 0.244 e. The van der Waals surface area contributed by atoms with Gasteiger partial charge in [-0.25, -0.2) is 8.42 Å². The van der Waals surface area contributed by atoms with E-state index in [0.29, 0.717) is 17.9 Å². The number of methoxy groups -OCH3 is 1. The molecule has 0 unspecified atom stereocenters. The average Bonchev–Trinajstić information content (AvgIpc) is 3.35. The molecule has 0 aromatic heterocycles. The lowest BCUT2D eigenvalue weighted by Crippen LogP contribution is -2.53. The summed E-state index contributed by atoms with van der Waals surface area (Å²) >= 11 is 2.14. The van der Waals surface area contributed by atoms with Crippen LogP contribution in [0.2, 0.25) is 0 Å². The minimum Gasteiger partial charge on any atom is -0.497 e. The van der Waals surface area contributed by atoms with E-state index in [-0.39, 0.29) is 18.5 Å². The number of hydrogen-bond acceptors (Lipinski definition) is 5. The highest BCUT2D eigenvalue weighted by atomic mass is 127. The van der Waals surface area contributed by atoms with Gasteiger partial charge in [0.15, 0.2) is 0 Å². The molecule has 36 heavy (non-hydrogen) atoms. The van der Waals surface area contributed by atoms with E-state index in [1.165, 1.54) is 4.90 Å². The van der Waals surface area contributed by atoms with Crippen molar-refractivity contribution >= 4 is 50.1 Å². The van der Waals surface area contributed by atoms with Gasteiger partial charge in [0, 0.05) is 16.2 Å². The van der Waals surface area contributed by atoms with E-state index in [9.17, 15) is 18.0 Å². The van der Waals surface area contributed by atoms with Gasteiger partial charge in [-0.2, -0.15) is 0 Å². The highest BCUT2D eigenvalue weighted by molar-refractivity contribution is 14.1. The second-order valence-electron chi connectivity index (χ2n) is 9.03. The van der Waals surface area contributed by atoms with Crippen LogP contribution in [-0.2, 0) is 26.2 Å². The lowest BCUT2D eigenvalue weighted by molar-refractivity contribution is -0.140. The number of benzene rings is 2. The van der Waals surface area contributed by atoms with Crippen LogP contribution in [0.3, 0.4) is 0 Å². The molecule has 8 nitrogen and oxygen atoms in total. The van der Waals surface area contributed by atoms with Crippen LogP contribution >= 0.6 is 22.6 Å². The lowest BCUT2D eigenvalue weighted by atomic mass is 10.1. The van der Waals surface area contributed by atoms with E-state index in [4.69, 9.17) is 4.74 Å². The standard InChI is InChI=1S/C26H34IN3O5S/c1-4-24(26(32)28-21-9-5-6-10-21)29(17-19-8-7-11-23(16-19)35-2)25(31)18-30(36(3,33)34)22-14-12-20(27)13-15-22/h7-8,11-16,21,24H,4-6,9-10,17-18H2,1-3H3,(H,28,32)/t24-/m0/s1. The van der Waals surface area contributed by atoms with E-state index in [1.54, 1.807) is 31.4 Å². The first-order chi connectivity index (χ1) is 17.1. The molecule has 0 aliphatic heterocycles. The molecule has 1 aliphatic rings. The van der Waals surface area contributed by atoms with Gasteiger partial charge < -0.3 is 15.0 Å². The number of carbonyl (C=O) groups excluding carboxylic acids is 2. The molecule has 2 aromatic rings. The van der Waals surface area contributed by atoms with E-state index in [1.807, 2.05) is 31.2 Å². The summed E-state index contributed by atoms with van der Waals surface area (Å²) in [5.41, 5.74) is 1.19. The van der Waals surface area contributed by atoms with Crippen molar-refractivity contribution in [2.45, 2.75) is 57.7 Å². The molecule has 1 aliphatic carbocycles. The van der Waals surface area contributed by atoms with Crippen molar-refractivity contribution in [3.63, 3.8) is 0 Å². The number of sulfonamides is 1. The average molecular weight is 628 g/mol. The second-order valence-corrected chi connectivity index (χ2v) is 12.2. The van der Waals surface area contributed by atoms with Gasteiger partial charge in [0.1, 0.15) is 18.3 Å². The minimum absolute atomic E-state index is 0.111. The smallest absolute Gasteiger partial charge is 0.244 e. The zero-order valence-electron chi connectivity index (χ0n) is 20.9. The van der Waals surface area contributed by atoms with Crippen molar-refractivity contribution in [2.75, 3.05) is 24.2 Å². The third-order valence-electron chi connectivity index (χ3n) is 6.37. The van der Waals surface area contributed by atoms with Gasteiger partial charge in [-0.3, -0.25) is 13.9 Å². The maximum atomic E-state index is 13.7. The first kappa shape index (κ1) is 28.2. The number of halogens is 1. The van der Waals surface area contributed by atoms with Crippen LogP contribution in [0.4, 0.5) is 5.69 Å². The summed E-state index contributed by atoms with van der Waals surface area (Å²) in [6.07, 6.45) is 5.49. The fourth-order valence-corrected chi connectivity index (χ4v) is 5.68. The van der Waals surface area contributed by atoms with Crippen LogP contribution in [0, 0.1) is 3.57 Å². The third kappa shape index (κ3) is 7.58. The van der Waals surface area contributed by atoms with Crippen LogP contribution in [-0.4, -0.2) is 57.1 Å². The third-order valence-corrected chi connectivity index (χ3v) is 8.23. The largest absolute Gasteiger partial charge is 0.497 e. The number of rotatable bonds is 11. The van der Waals surface area contributed by atoms with Gasteiger partial charge in [0.05, 0.1) is 19.1 Å². The van der Waals surface area contributed by atoms with E-state index >= 15 is 0 Å². The fraction of sp³-hybridized carbons (Fsp3) is 0.462. The number of hydrogen-bond donors (Lipinski definition) is 1. The van der Waals surface area contributed by atoms with Crippen LogP contribution in [0.25, 0.3) is 0 Å². The Hall–Kier alpha value is -2.34. The van der Waals surface area contributed by atoms with Crippen LogP contribution in [0.5, 0.6) is 5.75 Å². The zero-order valence-corrected chi connectivity index (χ0v) is 23.9. The predicted molar refractivity (Wildman–Crippen MR) is 149 cm³/mol. The van der Waals surface area contributed by atoms with Gasteiger partial charge >= 0.3 is 0 Å². The summed E-state index contributed by atoms with van der Waals surface area (Å²) in [7, 11) is -2.18. The summed E-state index contributed by atoms with van der Waals surface area (Å²) in [4.78, 5) is 28.6. The van der Waals surface area contributed by atoms with Crippen molar-refractivity contribution in [1.82, 2.24) is 10.2 Å². The first-order valence-corrected chi connectivity index (χ1v) is 15.0. The van der Waals surface area contributed by atoms with Crippen LogP contribution in [0.15, 0.2) is 48.5 Å². The molecule has 196 valence electrons. The molecule has 2 aromatic carbocycles. The lowest BCUT2D eigenvalue weighted by Gasteiger charge is -2.33. The summed E-state index contributed by atoms with van der Waals surface area (Å²) in [5.74, 6) is -0.0176. The molecule has 1 N–H and O–H groups in total. The van der Waals surface area contributed by atoms with Gasteiger partial charge in [0.25, 0.3) is 0 Å². The SMILES string of the molecule is CC[C@@H](C(=O)NC1CCCC1)N(Cc1cccc(OC)c1)C(=O)CN(c1ccc(I)cc1)S(C)(=O)=O. The highest BCUT2D eigenvalue weighted by Crippen LogP contribution is 2.23. The van der Waals surface area contributed by atoms with Crippen molar-refractivity contribution in [3.8, 4) is 5.75 Å². The molecule has 1 atom stereocenters. The molecule has 0 spiro atoms. The van der Waals surface area contributed by atoms with Crippen molar-refractivity contribution in [1.29, 1.82) is 0 Å². The summed E-state index contributed by atoms with van der Waals surface area (Å²) in [6, 6.07) is 13.6. The Morgan fingerprint density at radius 2 is 1.81 bits per heavy atom. The van der Waals surface area contributed by atoms with E-state index in [0.717, 1.165) is 45.4 Å². The van der Waals surface area contributed by atoms with Gasteiger partial charge in [-0.05, 0) is 83.8 Å². The molecule has 0 bridgehead atoms. The Labute approximate surface area is 227 Å². The Morgan fingerprint density at radius 1 is 1.14 bits per heavy atom. The molecule has 1 saturated carbocycles. The zero-order chi connectivity index (χ0) is 26.3. The van der Waals surface area contributed by atoms with Crippen LogP contribution < -0.4 is 14.4 Å². The predicted octanol–water partition coefficient (Wildman–Crippen LogP) is 3.93. The maximum absolute atomic E-state index is 13.7. The van der Waals surface area contributed by atoms with Gasteiger partial charge in [-0.1, -0.05) is 31.9 Å². The van der Waals surface area contributed by atoms with E-state index in [2.05, 4.69) is 27.9 Å². The molecule has 10 heteroatoms.